The molecule has 1 aliphatic rings. The van der Waals surface area contributed by atoms with Gasteiger partial charge in [0.25, 0.3) is 0 Å². The summed E-state index contributed by atoms with van der Waals surface area (Å²) in [6.45, 7) is 7.41. The number of ether oxygens (including phenoxy) is 1. The first-order chi connectivity index (χ1) is 14.6. The van der Waals surface area contributed by atoms with E-state index >= 15 is 0 Å². The van der Waals surface area contributed by atoms with Crippen LogP contribution in [-0.2, 0) is 0 Å². The Labute approximate surface area is 176 Å². The van der Waals surface area contributed by atoms with Gasteiger partial charge in [-0.3, -0.25) is 5.21 Å². The highest BCUT2D eigenvalue weighted by atomic mass is 16.5. The van der Waals surface area contributed by atoms with Gasteiger partial charge in [0, 0.05) is 37.3 Å². The summed E-state index contributed by atoms with van der Waals surface area (Å²) in [7, 11) is 1.57. The van der Waals surface area contributed by atoms with Crippen LogP contribution in [0.3, 0.4) is 0 Å². The first-order valence-corrected chi connectivity index (χ1v) is 10.1. The van der Waals surface area contributed by atoms with Crippen LogP contribution in [0, 0.1) is 13.8 Å². The standard InChI is InChI=1S/C23H27N5O2/c1-16-12-17(2)14-19(13-16)27-8-10-28(11-9-27)23(26-29)25-21-15-18-6-4-5-7-20(18)24-22(21)30-3/h4-7,12-15,29H,8-11H2,1-3H3,(H,25,26). The molecule has 1 aromatic heterocycles. The molecule has 0 aliphatic carbocycles. The van der Waals surface area contributed by atoms with Crippen molar-refractivity contribution in [2.24, 2.45) is 4.99 Å². The van der Waals surface area contributed by atoms with Crippen LogP contribution < -0.4 is 15.1 Å². The maximum atomic E-state index is 9.77. The topological polar surface area (TPSA) is 73.2 Å². The number of benzene rings is 2. The molecule has 4 rings (SSSR count). The highest BCUT2D eigenvalue weighted by molar-refractivity contribution is 5.87. The summed E-state index contributed by atoms with van der Waals surface area (Å²) >= 11 is 0. The predicted octanol–water partition coefficient (Wildman–Crippen LogP) is 3.65. The lowest BCUT2D eigenvalue weighted by Crippen LogP contribution is -2.52. The van der Waals surface area contributed by atoms with E-state index in [4.69, 9.17) is 4.74 Å². The first-order valence-electron chi connectivity index (χ1n) is 10.1. The largest absolute Gasteiger partial charge is 0.479 e. The van der Waals surface area contributed by atoms with Gasteiger partial charge in [0.2, 0.25) is 11.8 Å². The summed E-state index contributed by atoms with van der Waals surface area (Å²) in [6.07, 6.45) is 0. The van der Waals surface area contributed by atoms with Gasteiger partial charge in [-0.05, 0) is 49.2 Å². The number of aliphatic imine (C=N–C) groups is 1. The van der Waals surface area contributed by atoms with Crippen LogP contribution in [0.5, 0.6) is 5.88 Å². The Balaban J connectivity index is 1.55. The molecule has 3 aromatic rings. The molecule has 0 amide bonds. The number of aromatic nitrogens is 1. The molecule has 2 aromatic carbocycles. The molecule has 0 bridgehead atoms. The Morgan fingerprint density at radius 3 is 2.40 bits per heavy atom. The van der Waals surface area contributed by atoms with Gasteiger partial charge in [-0.25, -0.2) is 15.5 Å². The Bertz CT molecular complexity index is 1050. The monoisotopic (exact) mass is 405 g/mol. The number of aryl methyl sites for hydroxylation is 2. The van der Waals surface area contributed by atoms with E-state index in [-0.39, 0.29) is 0 Å². The molecule has 7 heteroatoms. The number of methoxy groups -OCH3 is 1. The zero-order valence-corrected chi connectivity index (χ0v) is 17.6. The van der Waals surface area contributed by atoms with E-state index in [1.165, 1.54) is 16.8 Å². The summed E-state index contributed by atoms with van der Waals surface area (Å²) in [5, 5.41) is 10.7. The Morgan fingerprint density at radius 1 is 1.03 bits per heavy atom. The fraction of sp³-hybridized carbons (Fsp3) is 0.304. The second kappa shape index (κ2) is 8.59. The van der Waals surface area contributed by atoms with Crippen molar-refractivity contribution >= 4 is 28.2 Å². The number of hydrogen-bond acceptors (Lipinski definition) is 5. The van der Waals surface area contributed by atoms with Gasteiger partial charge in [-0.2, -0.15) is 0 Å². The number of nitrogens with one attached hydrogen (secondary N) is 1. The van der Waals surface area contributed by atoms with Crippen molar-refractivity contribution in [3.05, 3.63) is 59.7 Å². The Morgan fingerprint density at radius 2 is 1.73 bits per heavy atom. The van der Waals surface area contributed by atoms with Crippen LogP contribution >= 0.6 is 0 Å². The zero-order chi connectivity index (χ0) is 21.1. The minimum atomic E-state index is 0.394. The van der Waals surface area contributed by atoms with E-state index in [1.54, 1.807) is 7.11 Å². The number of fused-ring (bicyclic) bond motifs is 1. The van der Waals surface area contributed by atoms with Crippen LogP contribution in [0.1, 0.15) is 11.1 Å². The number of guanidine groups is 1. The number of hydroxylamine groups is 1. The molecule has 0 atom stereocenters. The van der Waals surface area contributed by atoms with Crippen LogP contribution in [0.25, 0.3) is 10.9 Å². The third-order valence-corrected chi connectivity index (χ3v) is 5.34. The first kappa shape index (κ1) is 20.0. The Kier molecular flexibility index (Phi) is 5.72. The quantitative estimate of drug-likeness (QED) is 0.394. The van der Waals surface area contributed by atoms with Crippen LogP contribution in [0.2, 0.25) is 0 Å². The Hall–Kier alpha value is -3.32. The van der Waals surface area contributed by atoms with Gasteiger partial charge in [0.1, 0.15) is 5.69 Å². The number of nitrogens with zero attached hydrogens (tertiary/aromatic N) is 4. The number of pyridine rings is 1. The number of hydrogen-bond donors (Lipinski definition) is 2. The average Bonchev–Trinajstić information content (AvgIpc) is 2.76. The smallest absolute Gasteiger partial charge is 0.240 e. The normalized spacial score (nSPS) is 14.9. The zero-order valence-electron chi connectivity index (χ0n) is 17.6. The molecular weight excluding hydrogens is 378 g/mol. The maximum Gasteiger partial charge on any atom is 0.240 e. The van der Waals surface area contributed by atoms with Gasteiger partial charge < -0.3 is 14.5 Å². The minimum absolute atomic E-state index is 0.394. The molecule has 0 radical (unpaired) electrons. The highest BCUT2D eigenvalue weighted by Gasteiger charge is 2.21. The molecule has 0 unspecified atom stereocenters. The summed E-state index contributed by atoms with van der Waals surface area (Å²) in [6, 6.07) is 16.4. The van der Waals surface area contributed by atoms with Gasteiger partial charge in [-0.15, -0.1) is 0 Å². The molecule has 1 fully saturated rings. The lowest BCUT2D eigenvalue weighted by atomic mass is 10.1. The number of rotatable bonds is 3. The number of anilines is 1. The minimum Gasteiger partial charge on any atom is -0.479 e. The van der Waals surface area contributed by atoms with Crippen molar-refractivity contribution in [1.29, 1.82) is 0 Å². The fourth-order valence-electron chi connectivity index (χ4n) is 3.91. The van der Waals surface area contributed by atoms with Crippen molar-refractivity contribution < 1.29 is 9.94 Å². The third-order valence-electron chi connectivity index (χ3n) is 5.34. The van der Waals surface area contributed by atoms with Crippen molar-refractivity contribution in [3.63, 3.8) is 0 Å². The molecule has 2 heterocycles. The van der Waals surface area contributed by atoms with Crippen molar-refractivity contribution in [2.75, 3.05) is 38.2 Å². The van der Waals surface area contributed by atoms with Crippen molar-refractivity contribution in [3.8, 4) is 5.88 Å². The predicted molar refractivity (Wildman–Crippen MR) is 120 cm³/mol. The number of para-hydroxylation sites is 1. The van der Waals surface area contributed by atoms with E-state index < -0.39 is 0 Å². The second-order valence-electron chi connectivity index (χ2n) is 7.58. The molecule has 1 saturated heterocycles. The lowest BCUT2D eigenvalue weighted by Gasteiger charge is -2.37. The highest BCUT2D eigenvalue weighted by Crippen LogP contribution is 2.30. The van der Waals surface area contributed by atoms with Gasteiger partial charge in [0.15, 0.2) is 0 Å². The molecule has 0 saturated carbocycles. The molecular formula is C23H27N5O2. The number of piperazine rings is 1. The van der Waals surface area contributed by atoms with Gasteiger partial charge in [0.05, 0.1) is 12.6 Å². The molecule has 156 valence electrons. The molecule has 1 aliphatic heterocycles. The average molecular weight is 406 g/mol. The van der Waals surface area contributed by atoms with Crippen molar-refractivity contribution in [1.82, 2.24) is 15.4 Å². The summed E-state index contributed by atoms with van der Waals surface area (Å²) < 4.78 is 5.43. The SMILES string of the molecule is COc1nc2ccccc2cc1N=C(NO)N1CCN(c2cc(C)cc(C)c2)CC1. The van der Waals surface area contributed by atoms with Crippen LogP contribution in [0.15, 0.2) is 53.5 Å². The molecule has 0 spiro atoms. The van der Waals surface area contributed by atoms with E-state index in [9.17, 15) is 5.21 Å². The second-order valence-corrected chi connectivity index (χ2v) is 7.58. The summed E-state index contributed by atoms with van der Waals surface area (Å²) in [4.78, 5) is 13.6. The van der Waals surface area contributed by atoms with E-state index in [1.807, 2.05) is 35.2 Å². The maximum absolute atomic E-state index is 9.77. The summed E-state index contributed by atoms with van der Waals surface area (Å²) in [5.41, 5.74) is 7.45. The van der Waals surface area contributed by atoms with E-state index in [0.29, 0.717) is 17.5 Å². The molecule has 2 N–H and O–H groups in total. The lowest BCUT2D eigenvalue weighted by molar-refractivity contribution is 0.207. The van der Waals surface area contributed by atoms with Crippen molar-refractivity contribution in [2.45, 2.75) is 13.8 Å². The van der Waals surface area contributed by atoms with Gasteiger partial charge >= 0.3 is 0 Å². The van der Waals surface area contributed by atoms with E-state index in [2.05, 4.69) is 52.4 Å². The van der Waals surface area contributed by atoms with E-state index in [0.717, 1.165) is 37.1 Å². The van der Waals surface area contributed by atoms with Crippen LogP contribution in [-0.4, -0.2) is 54.3 Å². The van der Waals surface area contributed by atoms with Gasteiger partial charge in [-0.1, -0.05) is 24.3 Å². The fourth-order valence-corrected chi connectivity index (χ4v) is 3.91. The summed E-state index contributed by atoms with van der Waals surface area (Å²) in [5.74, 6) is 0.820. The van der Waals surface area contributed by atoms with Crippen LogP contribution in [0.4, 0.5) is 11.4 Å². The third kappa shape index (κ3) is 4.16. The molecule has 7 nitrogen and oxygen atoms in total. The molecule has 30 heavy (non-hydrogen) atoms.